The molecule has 0 spiro atoms. The molecule has 6 heteroatoms. The summed E-state index contributed by atoms with van der Waals surface area (Å²) < 4.78 is 10.4. The Morgan fingerprint density at radius 3 is 2.70 bits per heavy atom. The van der Waals surface area contributed by atoms with E-state index in [0.29, 0.717) is 12.8 Å². The normalized spacial score (nSPS) is 14.9. The van der Waals surface area contributed by atoms with Gasteiger partial charge in [0.15, 0.2) is 0 Å². The number of rotatable bonds is 5. The Hall–Kier alpha value is -3.54. The van der Waals surface area contributed by atoms with Crippen molar-refractivity contribution in [1.29, 1.82) is 0 Å². The molecule has 0 fully saturated rings. The molecule has 0 bridgehead atoms. The first-order chi connectivity index (χ1) is 14.5. The maximum absolute atomic E-state index is 11.5. The molecule has 30 heavy (non-hydrogen) atoms. The van der Waals surface area contributed by atoms with E-state index in [1.807, 2.05) is 37.3 Å². The first-order valence-corrected chi connectivity index (χ1v) is 9.89. The summed E-state index contributed by atoms with van der Waals surface area (Å²) in [6.07, 6.45) is 5.11. The van der Waals surface area contributed by atoms with Gasteiger partial charge in [0, 0.05) is 29.1 Å². The Bertz CT molecular complexity index is 1320. The Morgan fingerprint density at radius 1 is 1.17 bits per heavy atom. The summed E-state index contributed by atoms with van der Waals surface area (Å²) in [5.41, 5.74) is 5.18. The molecule has 3 heterocycles. The number of methoxy groups -OCH3 is 2. The average Bonchev–Trinajstić information content (AvgIpc) is 3.42. The van der Waals surface area contributed by atoms with E-state index in [2.05, 4.69) is 29.0 Å². The van der Waals surface area contributed by atoms with Crippen molar-refractivity contribution < 1.29 is 14.3 Å². The number of hydrogen-bond donors (Lipinski definition) is 2. The van der Waals surface area contributed by atoms with Gasteiger partial charge in [0.1, 0.15) is 5.75 Å². The standard InChI is InChI=1S/C24H25N3O3/c1-14-17(9-10-24(28)30-4)15(2)25-19(14)12-22-23(29-3)13-21(27-22)20-11-16-7-5-6-8-18(16)26-20/h5-8,11-13,25,27H,9-10H2,1-4H3. The molecule has 1 aliphatic heterocycles. The smallest absolute Gasteiger partial charge is 0.305 e. The van der Waals surface area contributed by atoms with Crippen LogP contribution in [0.2, 0.25) is 0 Å². The Kier molecular flexibility index (Phi) is 5.31. The predicted octanol–water partition coefficient (Wildman–Crippen LogP) is 1.12. The summed E-state index contributed by atoms with van der Waals surface area (Å²) in [6, 6.07) is 10.0. The summed E-state index contributed by atoms with van der Waals surface area (Å²) >= 11 is 0. The maximum Gasteiger partial charge on any atom is 0.305 e. The minimum atomic E-state index is -0.203. The number of fused-ring (bicyclic) bond motifs is 1. The van der Waals surface area contributed by atoms with Crippen LogP contribution in [0, 0.1) is 13.8 Å². The van der Waals surface area contributed by atoms with Crippen LogP contribution in [0.4, 0.5) is 0 Å². The molecular weight excluding hydrogens is 378 g/mol. The van der Waals surface area contributed by atoms with Crippen molar-refractivity contribution in [3.8, 4) is 5.75 Å². The lowest BCUT2D eigenvalue weighted by Crippen LogP contribution is -2.19. The molecular formula is C24H25N3O3. The number of hydrogen-bond acceptors (Lipinski definition) is 4. The highest BCUT2D eigenvalue weighted by Crippen LogP contribution is 2.20. The molecule has 2 aromatic heterocycles. The summed E-state index contributed by atoms with van der Waals surface area (Å²) in [5, 5.41) is 3.85. The number of nitrogens with one attached hydrogen (secondary N) is 2. The largest absolute Gasteiger partial charge is 0.494 e. The highest BCUT2D eigenvalue weighted by Gasteiger charge is 2.13. The van der Waals surface area contributed by atoms with Crippen LogP contribution in [0.25, 0.3) is 17.8 Å². The van der Waals surface area contributed by atoms with Gasteiger partial charge < -0.3 is 19.4 Å². The van der Waals surface area contributed by atoms with Gasteiger partial charge in [-0.3, -0.25) is 4.79 Å². The van der Waals surface area contributed by atoms with Crippen molar-refractivity contribution in [2.75, 3.05) is 14.2 Å². The number of ether oxygens (including phenoxy) is 2. The third kappa shape index (κ3) is 3.68. The zero-order valence-corrected chi connectivity index (χ0v) is 17.6. The first-order valence-electron chi connectivity index (χ1n) is 9.89. The summed E-state index contributed by atoms with van der Waals surface area (Å²) in [7, 11) is 3.08. The lowest BCUT2D eigenvalue weighted by atomic mass is 10.0. The zero-order chi connectivity index (χ0) is 21.3. The van der Waals surface area contributed by atoms with E-state index < -0.39 is 0 Å². The number of aromatic nitrogens is 2. The molecule has 3 aromatic rings. The fraction of sp³-hybridized carbons (Fsp3) is 0.250. The monoisotopic (exact) mass is 403 g/mol. The van der Waals surface area contributed by atoms with Gasteiger partial charge in [-0.1, -0.05) is 18.2 Å². The van der Waals surface area contributed by atoms with Crippen LogP contribution in [0.3, 0.4) is 0 Å². The van der Waals surface area contributed by atoms with Crippen LogP contribution in [0.5, 0.6) is 5.75 Å². The number of aromatic amines is 2. The van der Waals surface area contributed by atoms with E-state index in [-0.39, 0.29) is 5.97 Å². The Morgan fingerprint density at radius 2 is 1.97 bits per heavy atom. The van der Waals surface area contributed by atoms with Gasteiger partial charge in [-0.2, -0.15) is 0 Å². The van der Waals surface area contributed by atoms with Crippen LogP contribution in [0.1, 0.15) is 28.9 Å². The van der Waals surface area contributed by atoms with E-state index in [1.54, 1.807) is 7.11 Å². The topological polar surface area (TPSA) is 79.5 Å². The number of esters is 1. The van der Waals surface area contributed by atoms with Crippen LogP contribution < -0.4 is 26.0 Å². The number of H-pyrrole nitrogens is 2. The first kappa shape index (κ1) is 19.8. The highest BCUT2D eigenvalue weighted by atomic mass is 16.5. The lowest BCUT2D eigenvalue weighted by Gasteiger charge is -2.01. The number of carbonyl (C=O) groups is 1. The van der Waals surface area contributed by atoms with Gasteiger partial charge in [0.25, 0.3) is 0 Å². The minimum Gasteiger partial charge on any atom is -0.494 e. The van der Waals surface area contributed by atoms with Crippen molar-refractivity contribution in [2.45, 2.75) is 26.7 Å². The number of benzene rings is 1. The van der Waals surface area contributed by atoms with Crippen molar-refractivity contribution >= 4 is 23.8 Å². The Balaban J connectivity index is 1.77. The predicted molar refractivity (Wildman–Crippen MR) is 116 cm³/mol. The summed E-state index contributed by atoms with van der Waals surface area (Å²) in [6.45, 7) is 4.08. The zero-order valence-electron chi connectivity index (χ0n) is 17.6. The molecule has 154 valence electrons. The minimum absolute atomic E-state index is 0.203. The second-order valence-electron chi connectivity index (χ2n) is 7.35. The SMILES string of the molecule is COC(=O)CCc1c(C)[nH]c(C=c2[nH]c(=C3C=c4ccccc4=N3)cc2OC)c1C. The third-order valence-electron chi connectivity index (χ3n) is 5.50. The van der Waals surface area contributed by atoms with Crippen LogP contribution in [0.15, 0.2) is 35.3 Å². The number of aryl methyl sites for hydroxylation is 1. The third-order valence-corrected chi connectivity index (χ3v) is 5.50. The number of nitrogens with zero attached hydrogens (tertiary/aromatic N) is 1. The van der Waals surface area contributed by atoms with Crippen molar-refractivity contribution in [3.05, 3.63) is 74.1 Å². The molecule has 0 aliphatic carbocycles. The molecule has 0 unspecified atom stereocenters. The molecule has 0 saturated carbocycles. The second-order valence-corrected chi connectivity index (χ2v) is 7.35. The molecule has 4 rings (SSSR count). The van der Waals surface area contributed by atoms with E-state index in [4.69, 9.17) is 14.5 Å². The summed E-state index contributed by atoms with van der Waals surface area (Å²) in [5.74, 6) is 0.547. The fourth-order valence-electron chi connectivity index (χ4n) is 3.83. The summed E-state index contributed by atoms with van der Waals surface area (Å²) in [4.78, 5) is 23.1. The van der Waals surface area contributed by atoms with Crippen molar-refractivity contribution in [1.82, 2.24) is 9.97 Å². The number of carbonyl (C=O) groups excluding carboxylic acids is 1. The quantitative estimate of drug-likeness (QED) is 0.627. The molecule has 6 nitrogen and oxygen atoms in total. The molecule has 0 atom stereocenters. The van der Waals surface area contributed by atoms with Crippen LogP contribution in [-0.2, 0) is 16.0 Å². The van der Waals surface area contributed by atoms with E-state index >= 15 is 0 Å². The molecule has 1 aliphatic rings. The second kappa shape index (κ2) is 8.06. The average molecular weight is 403 g/mol. The van der Waals surface area contributed by atoms with Crippen LogP contribution >= 0.6 is 0 Å². The molecule has 0 amide bonds. The molecule has 0 saturated heterocycles. The number of para-hydroxylation sites is 1. The molecule has 2 N–H and O–H groups in total. The van der Waals surface area contributed by atoms with Crippen LogP contribution in [-0.4, -0.2) is 30.2 Å². The highest BCUT2D eigenvalue weighted by molar-refractivity contribution is 5.77. The molecule has 0 radical (unpaired) electrons. The Labute approximate surface area is 174 Å². The van der Waals surface area contributed by atoms with Gasteiger partial charge in [-0.05, 0) is 49.6 Å². The fourth-order valence-corrected chi connectivity index (χ4v) is 3.83. The van der Waals surface area contributed by atoms with E-state index in [1.165, 1.54) is 7.11 Å². The van der Waals surface area contributed by atoms with E-state index in [0.717, 1.165) is 55.2 Å². The molecule has 1 aromatic carbocycles. The van der Waals surface area contributed by atoms with Gasteiger partial charge in [-0.15, -0.1) is 0 Å². The lowest BCUT2D eigenvalue weighted by molar-refractivity contribution is -0.140. The van der Waals surface area contributed by atoms with Crippen molar-refractivity contribution in [2.24, 2.45) is 4.99 Å². The van der Waals surface area contributed by atoms with Gasteiger partial charge in [-0.25, -0.2) is 4.99 Å². The van der Waals surface area contributed by atoms with Gasteiger partial charge in [0.2, 0.25) is 0 Å². The van der Waals surface area contributed by atoms with Gasteiger partial charge >= 0.3 is 5.97 Å². The maximum atomic E-state index is 11.5. The van der Waals surface area contributed by atoms with E-state index in [9.17, 15) is 4.79 Å². The van der Waals surface area contributed by atoms with Crippen molar-refractivity contribution in [3.63, 3.8) is 0 Å². The van der Waals surface area contributed by atoms with Gasteiger partial charge in [0.05, 0.1) is 36.0 Å².